The number of carbonyl (C=O) groups is 1. The molecule has 0 aliphatic carbocycles. The van der Waals surface area contributed by atoms with Crippen LogP contribution < -0.4 is 15.4 Å². The van der Waals surface area contributed by atoms with Crippen molar-refractivity contribution in [2.75, 3.05) is 17.8 Å². The lowest BCUT2D eigenvalue weighted by Crippen LogP contribution is -2.37. The van der Waals surface area contributed by atoms with E-state index >= 15 is 0 Å². The van der Waals surface area contributed by atoms with Crippen molar-refractivity contribution < 1.29 is 22.0 Å². The second-order valence-electron chi connectivity index (χ2n) is 6.27. The number of amides is 1. The second-order valence-corrected chi connectivity index (χ2v) is 7.95. The van der Waals surface area contributed by atoms with Gasteiger partial charge in [0.25, 0.3) is 15.9 Å². The van der Waals surface area contributed by atoms with Gasteiger partial charge in [-0.1, -0.05) is 6.07 Å². The monoisotopic (exact) mass is 431 g/mol. The SMILES string of the molecule is Cl.O=C(NCC1CCCN1)c1cccc(NS(=O)(=O)c2ccc(F)c(F)c2)c1. The number of benzene rings is 2. The lowest BCUT2D eigenvalue weighted by molar-refractivity contribution is 0.0950. The zero-order chi connectivity index (χ0) is 19.4. The average Bonchev–Trinajstić information content (AvgIpc) is 3.15. The van der Waals surface area contributed by atoms with Gasteiger partial charge < -0.3 is 10.6 Å². The molecule has 1 fully saturated rings. The molecule has 1 unspecified atom stereocenters. The van der Waals surface area contributed by atoms with Gasteiger partial charge in [-0.15, -0.1) is 12.4 Å². The van der Waals surface area contributed by atoms with Crippen LogP contribution in [0.5, 0.6) is 0 Å². The molecule has 1 amide bonds. The number of hydrogen-bond acceptors (Lipinski definition) is 4. The predicted molar refractivity (Wildman–Crippen MR) is 104 cm³/mol. The van der Waals surface area contributed by atoms with Crippen LogP contribution in [0.1, 0.15) is 23.2 Å². The van der Waals surface area contributed by atoms with Crippen molar-refractivity contribution >= 4 is 34.0 Å². The first-order chi connectivity index (χ1) is 12.8. The number of sulfonamides is 1. The minimum absolute atomic E-state index is 0. The Morgan fingerprint density at radius 3 is 2.61 bits per heavy atom. The highest BCUT2D eigenvalue weighted by molar-refractivity contribution is 7.92. The van der Waals surface area contributed by atoms with Crippen LogP contribution in [0.25, 0.3) is 0 Å². The van der Waals surface area contributed by atoms with E-state index in [1.807, 2.05) is 0 Å². The van der Waals surface area contributed by atoms with Gasteiger partial charge in [-0.2, -0.15) is 0 Å². The maximum absolute atomic E-state index is 13.3. The molecule has 0 aromatic heterocycles. The minimum Gasteiger partial charge on any atom is -0.350 e. The number of halogens is 3. The lowest BCUT2D eigenvalue weighted by Gasteiger charge is -2.13. The maximum Gasteiger partial charge on any atom is 0.261 e. The fraction of sp³-hybridized carbons (Fsp3) is 0.278. The van der Waals surface area contributed by atoms with Crippen molar-refractivity contribution in [2.24, 2.45) is 0 Å². The highest BCUT2D eigenvalue weighted by atomic mass is 35.5. The summed E-state index contributed by atoms with van der Waals surface area (Å²) in [6.07, 6.45) is 2.07. The third kappa shape index (κ3) is 5.40. The van der Waals surface area contributed by atoms with Crippen LogP contribution >= 0.6 is 12.4 Å². The van der Waals surface area contributed by atoms with Gasteiger partial charge in [-0.05, 0) is 55.8 Å². The van der Waals surface area contributed by atoms with E-state index in [1.54, 1.807) is 6.07 Å². The molecule has 2 aromatic carbocycles. The molecule has 0 radical (unpaired) electrons. The molecule has 2 aromatic rings. The lowest BCUT2D eigenvalue weighted by atomic mass is 10.2. The number of rotatable bonds is 6. The Kier molecular flexibility index (Phi) is 7.34. The van der Waals surface area contributed by atoms with E-state index in [1.165, 1.54) is 18.2 Å². The first-order valence-corrected chi connectivity index (χ1v) is 9.93. The minimum atomic E-state index is -4.12. The molecule has 1 heterocycles. The molecule has 10 heteroatoms. The molecule has 1 atom stereocenters. The van der Waals surface area contributed by atoms with Crippen LogP contribution in [0.4, 0.5) is 14.5 Å². The van der Waals surface area contributed by atoms with E-state index in [4.69, 9.17) is 0 Å². The molecule has 6 nitrogen and oxygen atoms in total. The Balaban J connectivity index is 0.00000280. The first kappa shape index (κ1) is 22.1. The van der Waals surface area contributed by atoms with Crippen molar-refractivity contribution in [3.63, 3.8) is 0 Å². The fourth-order valence-electron chi connectivity index (χ4n) is 2.83. The smallest absolute Gasteiger partial charge is 0.261 e. The maximum atomic E-state index is 13.3. The summed E-state index contributed by atoms with van der Waals surface area (Å²) >= 11 is 0. The molecular formula is C18H20ClF2N3O3S. The molecule has 0 bridgehead atoms. The van der Waals surface area contributed by atoms with Crippen LogP contribution in [-0.4, -0.2) is 33.5 Å². The van der Waals surface area contributed by atoms with Gasteiger partial charge in [0.1, 0.15) is 0 Å². The van der Waals surface area contributed by atoms with Crippen molar-refractivity contribution in [1.82, 2.24) is 10.6 Å². The molecule has 0 spiro atoms. The van der Waals surface area contributed by atoms with Crippen molar-refractivity contribution in [3.05, 3.63) is 59.7 Å². The number of nitrogens with one attached hydrogen (secondary N) is 3. The van der Waals surface area contributed by atoms with Crippen LogP contribution in [0.2, 0.25) is 0 Å². The zero-order valence-corrected chi connectivity index (χ0v) is 16.4. The highest BCUT2D eigenvalue weighted by Gasteiger charge is 2.18. The third-order valence-electron chi connectivity index (χ3n) is 4.25. The molecule has 1 saturated heterocycles. The molecule has 1 aliphatic heterocycles. The van der Waals surface area contributed by atoms with Gasteiger partial charge >= 0.3 is 0 Å². The predicted octanol–water partition coefficient (Wildman–Crippen LogP) is 2.67. The molecule has 1 aliphatic rings. The summed E-state index contributed by atoms with van der Waals surface area (Å²) in [7, 11) is -4.12. The van der Waals surface area contributed by atoms with Crippen LogP contribution in [0, 0.1) is 11.6 Å². The van der Waals surface area contributed by atoms with Crippen molar-refractivity contribution in [3.8, 4) is 0 Å². The topological polar surface area (TPSA) is 87.3 Å². The highest BCUT2D eigenvalue weighted by Crippen LogP contribution is 2.19. The summed E-state index contributed by atoms with van der Waals surface area (Å²) in [5.74, 6) is -2.71. The second kappa shape index (κ2) is 9.31. The van der Waals surface area contributed by atoms with Gasteiger partial charge in [-0.3, -0.25) is 9.52 Å². The first-order valence-electron chi connectivity index (χ1n) is 8.45. The standard InChI is InChI=1S/C18H19F2N3O3S.ClH/c19-16-7-6-15(10-17(16)20)27(25,26)23-13-4-1-3-12(9-13)18(24)22-11-14-5-2-8-21-14;/h1,3-4,6-7,9-10,14,21,23H,2,5,8,11H2,(H,22,24);1H. The summed E-state index contributed by atoms with van der Waals surface area (Å²) in [6, 6.07) is 8.49. The van der Waals surface area contributed by atoms with E-state index in [2.05, 4.69) is 15.4 Å². The van der Waals surface area contributed by atoms with Crippen LogP contribution in [0.15, 0.2) is 47.4 Å². The summed E-state index contributed by atoms with van der Waals surface area (Å²) < 4.78 is 53.2. The van der Waals surface area contributed by atoms with Gasteiger partial charge in [0, 0.05) is 23.8 Å². The van der Waals surface area contributed by atoms with E-state index < -0.39 is 26.6 Å². The normalized spacial score (nSPS) is 16.3. The van der Waals surface area contributed by atoms with E-state index in [-0.39, 0.29) is 30.0 Å². The van der Waals surface area contributed by atoms with Gasteiger partial charge in [-0.25, -0.2) is 17.2 Å². The molecule has 152 valence electrons. The van der Waals surface area contributed by atoms with E-state index in [0.717, 1.165) is 31.5 Å². The van der Waals surface area contributed by atoms with Gasteiger partial charge in [0.2, 0.25) is 0 Å². The Bertz CT molecular complexity index is 951. The van der Waals surface area contributed by atoms with Crippen LogP contribution in [0.3, 0.4) is 0 Å². The number of hydrogen-bond donors (Lipinski definition) is 3. The quantitative estimate of drug-likeness (QED) is 0.656. The fourth-order valence-corrected chi connectivity index (χ4v) is 3.89. The Labute approximate surface area is 168 Å². The molecule has 3 N–H and O–H groups in total. The number of anilines is 1. The molecule has 28 heavy (non-hydrogen) atoms. The third-order valence-corrected chi connectivity index (χ3v) is 5.63. The molecule has 0 saturated carbocycles. The van der Waals surface area contributed by atoms with Gasteiger partial charge in [0.05, 0.1) is 4.90 Å². The van der Waals surface area contributed by atoms with E-state index in [0.29, 0.717) is 18.2 Å². The zero-order valence-electron chi connectivity index (χ0n) is 14.7. The Hall–Kier alpha value is -2.23. The van der Waals surface area contributed by atoms with Crippen molar-refractivity contribution in [1.29, 1.82) is 0 Å². The molecular weight excluding hydrogens is 412 g/mol. The molecule has 3 rings (SSSR count). The van der Waals surface area contributed by atoms with Crippen LogP contribution in [-0.2, 0) is 10.0 Å². The summed E-state index contributed by atoms with van der Waals surface area (Å²) in [4.78, 5) is 11.9. The largest absolute Gasteiger partial charge is 0.350 e. The van der Waals surface area contributed by atoms with E-state index in [9.17, 15) is 22.0 Å². The summed E-state index contributed by atoms with van der Waals surface area (Å²) in [5, 5.41) is 6.08. The summed E-state index contributed by atoms with van der Waals surface area (Å²) in [5.41, 5.74) is 0.435. The van der Waals surface area contributed by atoms with Gasteiger partial charge in [0.15, 0.2) is 11.6 Å². The average molecular weight is 432 g/mol. The Morgan fingerprint density at radius 1 is 1.14 bits per heavy atom. The Morgan fingerprint density at radius 2 is 1.93 bits per heavy atom. The van der Waals surface area contributed by atoms with Crippen molar-refractivity contribution in [2.45, 2.75) is 23.8 Å². The number of carbonyl (C=O) groups excluding carboxylic acids is 1. The summed E-state index contributed by atoms with van der Waals surface area (Å²) in [6.45, 7) is 1.42.